The normalized spacial score (nSPS) is 15.7. The number of rotatable bonds is 8. The Hall–Kier alpha value is -0.650. The third-order valence-corrected chi connectivity index (χ3v) is 2.51. The van der Waals surface area contributed by atoms with E-state index in [0.29, 0.717) is 32.1 Å². The highest BCUT2D eigenvalue weighted by molar-refractivity contribution is 5.78. The lowest BCUT2D eigenvalue weighted by Gasteiger charge is -2.19. The summed E-state index contributed by atoms with van der Waals surface area (Å²) in [4.78, 5) is 13.3. The van der Waals surface area contributed by atoms with Crippen LogP contribution in [0.15, 0.2) is 0 Å². The average molecular weight is 215 g/mol. The molecule has 4 N–H and O–H groups in total. The average Bonchev–Trinajstić information content (AvgIpc) is 2.99. The molecule has 88 valence electrons. The van der Waals surface area contributed by atoms with Crippen LogP contribution < -0.4 is 11.1 Å². The molecule has 1 fully saturated rings. The monoisotopic (exact) mass is 215 g/mol. The fraction of sp³-hybridized carbons (Fsp3) is 0.900. The third-order valence-electron chi connectivity index (χ3n) is 2.51. The molecule has 0 radical (unpaired) electrons. The number of nitrogens with two attached hydrogens (primary N) is 1. The second-order valence-corrected chi connectivity index (χ2v) is 4.04. The maximum absolute atomic E-state index is 11.5. The van der Waals surface area contributed by atoms with Crippen LogP contribution in [0.4, 0.5) is 0 Å². The van der Waals surface area contributed by atoms with Gasteiger partial charge in [-0.05, 0) is 18.8 Å². The number of carbonyl (C=O) groups is 1. The molecule has 0 aliphatic heterocycles. The van der Waals surface area contributed by atoms with Crippen molar-refractivity contribution in [2.24, 2.45) is 11.7 Å². The van der Waals surface area contributed by atoms with Crippen molar-refractivity contribution in [3.8, 4) is 0 Å². The van der Waals surface area contributed by atoms with Crippen LogP contribution in [0.2, 0.25) is 0 Å². The first kappa shape index (κ1) is 12.4. The molecule has 0 aromatic heterocycles. The van der Waals surface area contributed by atoms with Crippen LogP contribution in [0.25, 0.3) is 0 Å². The zero-order valence-electron chi connectivity index (χ0n) is 9.11. The Kier molecular flexibility index (Phi) is 5.60. The number of nitrogens with zero attached hydrogens (tertiary/aromatic N) is 1. The van der Waals surface area contributed by atoms with Crippen LogP contribution in [0, 0.1) is 5.92 Å². The number of hydrogen-bond acceptors (Lipinski definition) is 4. The Morgan fingerprint density at radius 1 is 1.47 bits per heavy atom. The van der Waals surface area contributed by atoms with Gasteiger partial charge < -0.3 is 16.2 Å². The molecule has 1 aliphatic carbocycles. The fourth-order valence-corrected chi connectivity index (χ4v) is 1.43. The molecule has 1 rings (SSSR count). The van der Waals surface area contributed by atoms with Gasteiger partial charge in [-0.25, -0.2) is 0 Å². The predicted molar refractivity (Wildman–Crippen MR) is 58.3 cm³/mol. The summed E-state index contributed by atoms with van der Waals surface area (Å²) >= 11 is 0. The Balaban J connectivity index is 2.12. The van der Waals surface area contributed by atoms with Crippen molar-refractivity contribution in [1.29, 1.82) is 0 Å². The highest BCUT2D eigenvalue weighted by atomic mass is 16.3. The van der Waals surface area contributed by atoms with E-state index >= 15 is 0 Å². The highest BCUT2D eigenvalue weighted by Crippen LogP contribution is 2.27. The Bertz CT molecular complexity index is 189. The number of aliphatic hydroxyl groups is 1. The van der Waals surface area contributed by atoms with Crippen LogP contribution in [-0.2, 0) is 4.79 Å². The SMILES string of the molecule is NCCN(CCO)CC(=O)NCC1CC1. The van der Waals surface area contributed by atoms with Gasteiger partial charge in [-0.2, -0.15) is 0 Å². The minimum absolute atomic E-state index is 0.0313. The lowest BCUT2D eigenvalue weighted by atomic mass is 10.4. The maximum Gasteiger partial charge on any atom is 0.234 e. The summed E-state index contributed by atoms with van der Waals surface area (Å²) in [6.45, 7) is 2.87. The quantitative estimate of drug-likeness (QED) is 0.473. The second kappa shape index (κ2) is 6.76. The molecular formula is C10H21N3O2. The van der Waals surface area contributed by atoms with E-state index in [1.165, 1.54) is 12.8 Å². The van der Waals surface area contributed by atoms with Crippen molar-refractivity contribution in [2.45, 2.75) is 12.8 Å². The first-order valence-corrected chi connectivity index (χ1v) is 5.56. The summed E-state index contributed by atoms with van der Waals surface area (Å²) in [5, 5.41) is 11.7. The summed E-state index contributed by atoms with van der Waals surface area (Å²) in [6, 6.07) is 0. The van der Waals surface area contributed by atoms with Gasteiger partial charge in [0, 0.05) is 26.2 Å². The smallest absolute Gasteiger partial charge is 0.234 e. The van der Waals surface area contributed by atoms with Gasteiger partial charge in [0.25, 0.3) is 0 Å². The van der Waals surface area contributed by atoms with E-state index in [0.717, 1.165) is 6.54 Å². The maximum atomic E-state index is 11.5. The second-order valence-electron chi connectivity index (χ2n) is 4.04. The van der Waals surface area contributed by atoms with Crippen molar-refractivity contribution in [1.82, 2.24) is 10.2 Å². The largest absolute Gasteiger partial charge is 0.395 e. The molecule has 0 bridgehead atoms. The van der Waals surface area contributed by atoms with Crippen LogP contribution in [0.3, 0.4) is 0 Å². The van der Waals surface area contributed by atoms with Crippen LogP contribution in [-0.4, -0.2) is 55.2 Å². The number of hydrogen-bond donors (Lipinski definition) is 3. The molecule has 0 unspecified atom stereocenters. The van der Waals surface area contributed by atoms with Crippen LogP contribution in [0.5, 0.6) is 0 Å². The summed E-state index contributed by atoms with van der Waals surface area (Å²) < 4.78 is 0. The first-order chi connectivity index (χ1) is 7.26. The van der Waals surface area contributed by atoms with Crippen LogP contribution >= 0.6 is 0 Å². The molecule has 1 aliphatic rings. The van der Waals surface area contributed by atoms with Crippen molar-refractivity contribution in [3.05, 3.63) is 0 Å². The molecular weight excluding hydrogens is 194 g/mol. The molecule has 1 amide bonds. The molecule has 5 nitrogen and oxygen atoms in total. The number of amides is 1. The molecule has 0 heterocycles. The molecule has 1 saturated carbocycles. The Morgan fingerprint density at radius 2 is 2.20 bits per heavy atom. The molecule has 0 spiro atoms. The molecule has 0 aromatic carbocycles. The lowest BCUT2D eigenvalue weighted by molar-refractivity contribution is -0.122. The van der Waals surface area contributed by atoms with Gasteiger partial charge in [-0.1, -0.05) is 0 Å². The fourth-order valence-electron chi connectivity index (χ4n) is 1.43. The summed E-state index contributed by atoms with van der Waals surface area (Å²) in [5.41, 5.74) is 5.41. The minimum atomic E-state index is 0.0313. The summed E-state index contributed by atoms with van der Waals surface area (Å²) in [7, 11) is 0. The minimum Gasteiger partial charge on any atom is -0.395 e. The van der Waals surface area contributed by atoms with E-state index in [-0.39, 0.29) is 12.5 Å². The highest BCUT2D eigenvalue weighted by Gasteiger charge is 2.21. The van der Waals surface area contributed by atoms with Gasteiger partial charge in [0.1, 0.15) is 0 Å². The van der Waals surface area contributed by atoms with Gasteiger partial charge in [-0.3, -0.25) is 9.69 Å². The van der Waals surface area contributed by atoms with Gasteiger partial charge in [0.05, 0.1) is 13.2 Å². The summed E-state index contributed by atoms with van der Waals surface area (Å²) in [6.07, 6.45) is 2.48. The molecule has 15 heavy (non-hydrogen) atoms. The third kappa shape index (κ3) is 5.71. The predicted octanol–water partition coefficient (Wildman–Crippen LogP) is -1.23. The molecule has 0 saturated heterocycles. The van der Waals surface area contributed by atoms with Gasteiger partial charge in [-0.15, -0.1) is 0 Å². The topological polar surface area (TPSA) is 78.6 Å². The van der Waals surface area contributed by atoms with E-state index < -0.39 is 0 Å². The lowest BCUT2D eigenvalue weighted by Crippen LogP contribution is -2.41. The van der Waals surface area contributed by atoms with Gasteiger partial charge in [0.15, 0.2) is 0 Å². The van der Waals surface area contributed by atoms with Gasteiger partial charge in [0.2, 0.25) is 5.91 Å². The van der Waals surface area contributed by atoms with Crippen molar-refractivity contribution < 1.29 is 9.90 Å². The van der Waals surface area contributed by atoms with E-state index in [1.807, 2.05) is 4.90 Å². The van der Waals surface area contributed by atoms with E-state index in [9.17, 15) is 4.79 Å². The van der Waals surface area contributed by atoms with E-state index in [2.05, 4.69) is 5.32 Å². The number of carbonyl (C=O) groups excluding carboxylic acids is 1. The first-order valence-electron chi connectivity index (χ1n) is 5.56. The number of nitrogens with one attached hydrogen (secondary N) is 1. The number of aliphatic hydroxyl groups excluding tert-OH is 1. The van der Waals surface area contributed by atoms with Crippen molar-refractivity contribution in [2.75, 3.05) is 39.3 Å². The van der Waals surface area contributed by atoms with Gasteiger partial charge >= 0.3 is 0 Å². The molecule has 5 heteroatoms. The van der Waals surface area contributed by atoms with E-state index in [1.54, 1.807) is 0 Å². The Morgan fingerprint density at radius 3 is 2.73 bits per heavy atom. The Labute approximate surface area is 90.6 Å². The standard InChI is InChI=1S/C10H21N3O2/c11-3-4-13(5-6-14)8-10(15)12-7-9-1-2-9/h9,14H,1-8,11H2,(H,12,15). The summed E-state index contributed by atoms with van der Waals surface area (Å²) in [5.74, 6) is 0.735. The molecule has 0 atom stereocenters. The zero-order valence-corrected chi connectivity index (χ0v) is 9.11. The van der Waals surface area contributed by atoms with Crippen LogP contribution in [0.1, 0.15) is 12.8 Å². The van der Waals surface area contributed by atoms with Crippen molar-refractivity contribution in [3.63, 3.8) is 0 Å². The molecule has 0 aromatic rings. The van der Waals surface area contributed by atoms with Crippen molar-refractivity contribution >= 4 is 5.91 Å². The zero-order chi connectivity index (χ0) is 11.1. The van der Waals surface area contributed by atoms with E-state index in [4.69, 9.17) is 10.8 Å².